The molecule has 0 bridgehead atoms. The van der Waals surface area contributed by atoms with Crippen molar-refractivity contribution in [1.29, 1.82) is 0 Å². The van der Waals surface area contributed by atoms with Crippen LogP contribution in [0.25, 0.3) is 23.1 Å². The fourth-order valence-corrected chi connectivity index (χ4v) is 8.08. The van der Waals surface area contributed by atoms with Crippen LogP contribution in [0.15, 0.2) is 78.9 Å². The summed E-state index contributed by atoms with van der Waals surface area (Å²) in [7, 11) is 0. The van der Waals surface area contributed by atoms with E-state index in [0.29, 0.717) is 16.6 Å². The van der Waals surface area contributed by atoms with Crippen LogP contribution in [0.3, 0.4) is 0 Å². The van der Waals surface area contributed by atoms with Crippen molar-refractivity contribution in [2.24, 2.45) is 5.41 Å². The average molecular weight is 632 g/mol. The molecular formula is C35H38INS. The molecule has 0 aliphatic heterocycles. The molecule has 1 atom stereocenters. The molecule has 1 aliphatic rings. The van der Waals surface area contributed by atoms with Gasteiger partial charge >= 0.3 is 0 Å². The van der Waals surface area contributed by atoms with Crippen LogP contribution in [0.1, 0.15) is 77.8 Å². The Labute approximate surface area is 246 Å². The predicted molar refractivity (Wildman–Crippen MR) is 176 cm³/mol. The summed E-state index contributed by atoms with van der Waals surface area (Å²) in [5.74, 6) is 1.83. The molecule has 4 aromatic rings. The lowest BCUT2D eigenvalue weighted by Gasteiger charge is -2.22. The Bertz CT molecular complexity index is 1420. The van der Waals surface area contributed by atoms with Crippen LogP contribution in [0.4, 0.5) is 0 Å². The van der Waals surface area contributed by atoms with Gasteiger partial charge in [0.05, 0.1) is 11.2 Å². The summed E-state index contributed by atoms with van der Waals surface area (Å²) >= 11 is 4.78. The summed E-state index contributed by atoms with van der Waals surface area (Å²) in [5.41, 5.74) is 9.59. The molecule has 1 aliphatic carbocycles. The first kappa shape index (κ1) is 27.5. The molecule has 0 amide bonds. The first-order valence-corrected chi connectivity index (χ1v) is 16.4. The highest BCUT2D eigenvalue weighted by atomic mass is 127. The van der Waals surface area contributed by atoms with Gasteiger partial charge in [-0.3, -0.25) is 0 Å². The van der Waals surface area contributed by atoms with E-state index in [-0.39, 0.29) is 0 Å². The van der Waals surface area contributed by atoms with Crippen molar-refractivity contribution in [2.75, 3.05) is 10.2 Å². The fraction of sp³-hybridized carbons (Fsp3) is 0.343. The van der Waals surface area contributed by atoms with Crippen LogP contribution in [0.5, 0.6) is 0 Å². The maximum Gasteiger partial charge on any atom is 0.0711 e. The highest BCUT2D eigenvalue weighted by molar-refractivity contribution is 14.1. The van der Waals surface area contributed by atoms with Gasteiger partial charge in [-0.25, -0.2) is 4.98 Å². The highest BCUT2D eigenvalue weighted by Crippen LogP contribution is 2.52. The zero-order chi connectivity index (χ0) is 26.5. The number of benzene rings is 3. The van der Waals surface area contributed by atoms with E-state index in [1.165, 1.54) is 62.6 Å². The molecule has 0 N–H and O–H groups in total. The maximum atomic E-state index is 4.88. The second-order valence-corrected chi connectivity index (χ2v) is 13.2. The van der Waals surface area contributed by atoms with E-state index < -0.39 is 0 Å². The number of thioether (sulfide) groups is 1. The zero-order valence-electron chi connectivity index (χ0n) is 22.8. The lowest BCUT2D eigenvalue weighted by atomic mass is 9.93. The van der Waals surface area contributed by atoms with Gasteiger partial charge in [-0.2, -0.15) is 11.8 Å². The van der Waals surface area contributed by atoms with Gasteiger partial charge in [0.25, 0.3) is 0 Å². The Balaban J connectivity index is 1.36. The third-order valence-electron chi connectivity index (χ3n) is 7.78. The lowest BCUT2D eigenvalue weighted by Crippen LogP contribution is -2.09. The van der Waals surface area contributed by atoms with E-state index in [4.69, 9.17) is 4.98 Å². The van der Waals surface area contributed by atoms with E-state index in [2.05, 4.69) is 146 Å². The van der Waals surface area contributed by atoms with Crippen LogP contribution >= 0.6 is 34.4 Å². The topological polar surface area (TPSA) is 12.9 Å². The van der Waals surface area contributed by atoms with Crippen LogP contribution in [-0.2, 0) is 6.42 Å². The summed E-state index contributed by atoms with van der Waals surface area (Å²) in [6.45, 7) is 6.74. The van der Waals surface area contributed by atoms with Gasteiger partial charge in [0, 0.05) is 20.8 Å². The number of aromatic nitrogens is 1. The molecule has 0 saturated heterocycles. The molecular weight excluding hydrogens is 593 g/mol. The molecule has 196 valence electrons. The Kier molecular flexibility index (Phi) is 8.95. The molecule has 1 fully saturated rings. The number of nitrogens with zero attached hydrogens (tertiary/aromatic N) is 1. The predicted octanol–water partition coefficient (Wildman–Crippen LogP) is 10.5. The molecule has 3 heteroatoms. The molecule has 1 aromatic heterocycles. The van der Waals surface area contributed by atoms with Gasteiger partial charge in [0.15, 0.2) is 0 Å². The normalized spacial score (nSPS) is 15.4. The Morgan fingerprint density at radius 1 is 0.947 bits per heavy atom. The van der Waals surface area contributed by atoms with Crippen LogP contribution in [0, 0.1) is 12.3 Å². The van der Waals surface area contributed by atoms with E-state index in [1.807, 2.05) is 0 Å². The number of pyridine rings is 1. The Morgan fingerprint density at radius 2 is 1.76 bits per heavy atom. The fourth-order valence-electron chi connectivity index (χ4n) is 5.11. The summed E-state index contributed by atoms with van der Waals surface area (Å²) < 4.78 is 1.28. The number of hydrogen-bond acceptors (Lipinski definition) is 2. The van der Waals surface area contributed by atoms with Crippen molar-refractivity contribution in [3.05, 3.63) is 112 Å². The second-order valence-electron chi connectivity index (χ2n) is 11.3. The van der Waals surface area contributed by atoms with Gasteiger partial charge in [-0.05, 0) is 90.0 Å². The average Bonchev–Trinajstić information content (AvgIpc) is 3.72. The molecule has 0 unspecified atom stereocenters. The summed E-state index contributed by atoms with van der Waals surface area (Å²) in [6, 6.07) is 28.9. The number of halogens is 1. The molecule has 1 heterocycles. The SMILES string of the molecule is Cc1ccc2ccc(/C=C/c3cccc([C@@H](CCc4ccccc4C(C)C)SCC4(CI)CC4)c3)nc2c1. The highest BCUT2D eigenvalue weighted by Gasteiger charge is 2.41. The van der Waals surface area contributed by atoms with E-state index in [9.17, 15) is 0 Å². The van der Waals surface area contributed by atoms with Gasteiger partial charge in [-0.1, -0.05) is 109 Å². The third-order valence-corrected chi connectivity index (χ3v) is 11.1. The van der Waals surface area contributed by atoms with Crippen LogP contribution in [0.2, 0.25) is 0 Å². The number of aryl methyl sites for hydroxylation is 2. The molecule has 0 radical (unpaired) electrons. The largest absolute Gasteiger partial charge is 0.248 e. The summed E-state index contributed by atoms with van der Waals surface area (Å²) in [4.78, 5) is 4.88. The van der Waals surface area contributed by atoms with Crippen molar-refractivity contribution < 1.29 is 0 Å². The quantitative estimate of drug-likeness (QED) is 0.121. The molecule has 1 nitrogen and oxygen atoms in total. The lowest BCUT2D eigenvalue weighted by molar-refractivity contribution is 0.686. The van der Waals surface area contributed by atoms with Gasteiger partial charge < -0.3 is 0 Å². The minimum atomic E-state index is 0.505. The number of alkyl halides is 1. The second kappa shape index (κ2) is 12.4. The van der Waals surface area contributed by atoms with E-state index in [1.54, 1.807) is 0 Å². The Morgan fingerprint density at radius 3 is 2.55 bits per heavy atom. The summed E-state index contributed by atoms with van der Waals surface area (Å²) in [5, 5.41) is 1.69. The van der Waals surface area contributed by atoms with Crippen molar-refractivity contribution in [3.63, 3.8) is 0 Å². The van der Waals surface area contributed by atoms with Crippen LogP contribution in [-0.4, -0.2) is 15.2 Å². The Hall–Kier alpha value is -2.11. The number of fused-ring (bicyclic) bond motifs is 1. The van der Waals surface area contributed by atoms with Crippen molar-refractivity contribution in [3.8, 4) is 0 Å². The molecule has 3 aromatic carbocycles. The molecule has 5 rings (SSSR count). The number of hydrogen-bond donors (Lipinski definition) is 0. The van der Waals surface area contributed by atoms with Crippen LogP contribution < -0.4 is 0 Å². The monoisotopic (exact) mass is 631 g/mol. The van der Waals surface area contributed by atoms with Crippen molar-refractivity contribution >= 4 is 57.4 Å². The summed E-state index contributed by atoms with van der Waals surface area (Å²) in [6.07, 6.45) is 9.46. The van der Waals surface area contributed by atoms with Crippen molar-refractivity contribution in [2.45, 2.75) is 57.6 Å². The van der Waals surface area contributed by atoms with E-state index in [0.717, 1.165) is 17.6 Å². The first-order valence-electron chi connectivity index (χ1n) is 13.9. The van der Waals surface area contributed by atoms with Gasteiger partial charge in [0.1, 0.15) is 0 Å². The first-order chi connectivity index (χ1) is 18.4. The number of rotatable bonds is 11. The minimum Gasteiger partial charge on any atom is -0.248 e. The molecule has 1 saturated carbocycles. The van der Waals surface area contributed by atoms with E-state index >= 15 is 0 Å². The standard InChI is InChI=1S/C35H38INS/c1-25(2)32-10-5-4-8-28(32)15-18-34(38-24-35(23-36)19-20-35)30-9-6-7-27(22-30)12-16-31-17-14-29-13-11-26(3)21-33(29)37-31/h4-14,16-17,21-22,25,34H,15,18-20,23-24H2,1-3H3/b16-12+/t34-/m1/s1. The third kappa shape index (κ3) is 6.90. The maximum absolute atomic E-state index is 4.88. The van der Waals surface area contributed by atoms with Crippen molar-refractivity contribution in [1.82, 2.24) is 4.98 Å². The smallest absolute Gasteiger partial charge is 0.0711 e. The minimum absolute atomic E-state index is 0.505. The zero-order valence-corrected chi connectivity index (χ0v) is 25.8. The molecule has 0 spiro atoms. The molecule has 38 heavy (non-hydrogen) atoms. The van der Waals surface area contributed by atoms with Gasteiger partial charge in [0.2, 0.25) is 0 Å². The van der Waals surface area contributed by atoms with Gasteiger partial charge in [-0.15, -0.1) is 0 Å².